The number of hydrogen-bond donors (Lipinski definition) is 2. The summed E-state index contributed by atoms with van der Waals surface area (Å²) < 4.78 is 12.3. The summed E-state index contributed by atoms with van der Waals surface area (Å²) in [5, 5.41) is 10.5. The van der Waals surface area contributed by atoms with E-state index in [-0.39, 0.29) is 24.5 Å². The van der Waals surface area contributed by atoms with Gasteiger partial charge in [0.05, 0.1) is 18.9 Å². The number of rotatable bonds is 9. The van der Waals surface area contributed by atoms with Crippen LogP contribution in [-0.4, -0.2) is 48.0 Å². The fourth-order valence-corrected chi connectivity index (χ4v) is 4.82. The second-order valence-corrected chi connectivity index (χ2v) is 8.75. The fraction of sp³-hybridized carbons (Fsp3) is 0.500. The molecule has 2 aliphatic heterocycles. The number of carbonyl (C=O) groups is 2. The number of methoxy groups -OCH3 is 1. The van der Waals surface area contributed by atoms with Gasteiger partial charge in [0.2, 0.25) is 11.8 Å². The van der Waals surface area contributed by atoms with Crippen molar-refractivity contribution in [3.05, 3.63) is 41.1 Å². The van der Waals surface area contributed by atoms with Gasteiger partial charge in [-0.2, -0.15) is 16.9 Å². The van der Waals surface area contributed by atoms with Gasteiger partial charge in [-0.15, -0.1) is 0 Å². The molecule has 2 amide bonds. The number of hydrogen-bond acceptors (Lipinski definition) is 6. The molecule has 1 unspecified atom stereocenters. The van der Waals surface area contributed by atoms with E-state index in [1.807, 2.05) is 24.3 Å². The predicted octanol–water partition coefficient (Wildman–Crippen LogP) is 2.50. The van der Waals surface area contributed by atoms with E-state index < -0.39 is 0 Å². The Kier molecular flexibility index (Phi) is 7.14. The van der Waals surface area contributed by atoms with Gasteiger partial charge >= 0.3 is 0 Å². The predicted molar refractivity (Wildman–Crippen MR) is 119 cm³/mol. The molecule has 1 atom stereocenters. The smallest absolute Gasteiger partial charge is 0.241 e. The molecule has 166 valence electrons. The highest BCUT2D eigenvalue weighted by atomic mass is 32.2. The molecule has 2 aromatic rings. The zero-order chi connectivity index (χ0) is 21.6. The van der Waals surface area contributed by atoms with Crippen LogP contribution < -0.4 is 15.4 Å². The summed E-state index contributed by atoms with van der Waals surface area (Å²) in [4.78, 5) is 25.1. The summed E-state index contributed by atoms with van der Waals surface area (Å²) in [6.07, 6.45) is 3.09. The Morgan fingerprint density at radius 3 is 2.84 bits per heavy atom. The first kappa shape index (κ1) is 21.7. The van der Waals surface area contributed by atoms with Crippen LogP contribution in [0.3, 0.4) is 0 Å². The van der Waals surface area contributed by atoms with Crippen LogP contribution in [0.2, 0.25) is 0 Å². The zero-order valence-corrected chi connectivity index (χ0v) is 18.5. The molecular weight excluding hydrogens is 416 g/mol. The van der Waals surface area contributed by atoms with Crippen LogP contribution in [-0.2, 0) is 38.8 Å². The Morgan fingerprint density at radius 2 is 2.10 bits per heavy atom. The number of aryl methyl sites for hydroxylation is 1. The monoisotopic (exact) mass is 444 g/mol. The zero-order valence-electron chi connectivity index (χ0n) is 17.7. The summed E-state index contributed by atoms with van der Waals surface area (Å²) >= 11 is 1.76. The highest BCUT2D eigenvalue weighted by Crippen LogP contribution is 2.34. The van der Waals surface area contributed by atoms with Crippen molar-refractivity contribution in [3.8, 4) is 5.75 Å². The number of thioether (sulfide) groups is 1. The maximum Gasteiger partial charge on any atom is 0.241 e. The van der Waals surface area contributed by atoms with Crippen molar-refractivity contribution in [2.75, 3.05) is 25.6 Å². The molecule has 0 aliphatic carbocycles. The molecule has 2 aliphatic rings. The lowest BCUT2D eigenvalue weighted by atomic mass is 10.1. The van der Waals surface area contributed by atoms with E-state index >= 15 is 0 Å². The Morgan fingerprint density at radius 1 is 1.26 bits per heavy atom. The standard InChI is InChI=1S/C22H28N4O4S/c1-29-16-7-4-15(5-8-16)6-9-20(27)24-22-18-13-31-14-19(18)25-26(22)12-21(28)23-11-17-3-2-10-30-17/h4-5,7-8,17H,2-3,6,9-14H2,1H3,(H,23,28)(H,24,27). The van der Waals surface area contributed by atoms with Crippen LogP contribution in [0.5, 0.6) is 5.75 Å². The number of benzene rings is 1. The van der Waals surface area contributed by atoms with Gasteiger partial charge in [-0.3, -0.25) is 9.59 Å². The van der Waals surface area contributed by atoms with Crippen molar-refractivity contribution in [2.45, 2.75) is 49.8 Å². The lowest BCUT2D eigenvalue weighted by Crippen LogP contribution is -2.34. The van der Waals surface area contributed by atoms with Crippen molar-refractivity contribution in [3.63, 3.8) is 0 Å². The minimum atomic E-state index is -0.127. The highest BCUT2D eigenvalue weighted by molar-refractivity contribution is 7.98. The number of nitrogens with one attached hydrogen (secondary N) is 2. The molecule has 1 fully saturated rings. The van der Waals surface area contributed by atoms with Crippen LogP contribution in [0.1, 0.15) is 36.1 Å². The Bertz CT molecular complexity index is 922. The quantitative estimate of drug-likeness (QED) is 0.617. The average molecular weight is 445 g/mol. The van der Waals surface area contributed by atoms with Crippen LogP contribution in [0.4, 0.5) is 5.82 Å². The molecule has 0 spiro atoms. The van der Waals surface area contributed by atoms with Gasteiger partial charge in [0.15, 0.2) is 0 Å². The maximum absolute atomic E-state index is 12.6. The molecule has 1 aromatic carbocycles. The maximum atomic E-state index is 12.6. The molecule has 1 aromatic heterocycles. The number of aromatic nitrogens is 2. The van der Waals surface area contributed by atoms with Crippen LogP contribution in [0.25, 0.3) is 0 Å². The van der Waals surface area contributed by atoms with Gasteiger partial charge in [0.1, 0.15) is 18.1 Å². The average Bonchev–Trinajstić information content (AvgIpc) is 3.51. The summed E-state index contributed by atoms with van der Waals surface area (Å²) in [5.74, 6) is 2.82. The van der Waals surface area contributed by atoms with Gasteiger partial charge in [0, 0.05) is 36.6 Å². The summed E-state index contributed by atoms with van der Waals surface area (Å²) in [6, 6.07) is 7.70. The highest BCUT2D eigenvalue weighted by Gasteiger charge is 2.25. The molecule has 3 heterocycles. The van der Waals surface area contributed by atoms with Crippen molar-refractivity contribution < 1.29 is 19.1 Å². The van der Waals surface area contributed by atoms with E-state index in [0.717, 1.165) is 53.5 Å². The molecule has 4 rings (SSSR count). The van der Waals surface area contributed by atoms with Crippen LogP contribution in [0, 0.1) is 0 Å². The van der Waals surface area contributed by atoms with E-state index in [1.54, 1.807) is 23.6 Å². The number of carbonyl (C=O) groups excluding carboxylic acids is 2. The van der Waals surface area contributed by atoms with Gasteiger partial charge in [-0.25, -0.2) is 4.68 Å². The molecule has 0 radical (unpaired) electrons. The van der Waals surface area contributed by atoms with Crippen molar-refractivity contribution in [1.82, 2.24) is 15.1 Å². The Hall–Kier alpha value is -2.52. The number of ether oxygens (including phenoxy) is 2. The van der Waals surface area contributed by atoms with E-state index in [1.165, 1.54) is 0 Å². The lowest BCUT2D eigenvalue weighted by Gasteiger charge is -2.13. The third kappa shape index (κ3) is 5.59. The minimum Gasteiger partial charge on any atom is -0.497 e. The molecule has 2 N–H and O–H groups in total. The summed E-state index contributed by atoms with van der Waals surface area (Å²) in [7, 11) is 1.63. The Balaban J connectivity index is 1.35. The minimum absolute atomic E-state index is 0.0818. The second-order valence-electron chi connectivity index (χ2n) is 7.76. The SMILES string of the molecule is COc1ccc(CCC(=O)Nc2c3c(nn2CC(=O)NCC2CCCO2)CSC3)cc1. The number of fused-ring (bicyclic) bond motifs is 1. The van der Waals surface area contributed by atoms with Crippen molar-refractivity contribution >= 4 is 29.4 Å². The number of amides is 2. The Labute approximate surface area is 186 Å². The van der Waals surface area contributed by atoms with Gasteiger partial charge < -0.3 is 20.1 Å². The summed E-state index contributed by atoms with van der Waals surface area (Å²) in [6.45, 7) is 1.36. The number of anilines is 1. The molecule has 0 saturated carbocycles. The molecule has 8 nitrogen and oxygen atoms in total. The van der Waals surface area contributed by atoms with Gasteiger partial charge in [-0.05, 0) is 37.0 Å². The normalized spacial score (nSPS) is 17.4. The van der Waals surface area contributed by atoms with Crippen molar-refractivity contribution in [1.29, 1.82) is 0 Å². The first-order valence-corrected chi connectivity index (χ1v) is 11.7. The van der Waals surface area contributed by atoms with Crippen molar-refractivity contribution in [2.24, 2.45) is 0 Å². The van der Waals surface area contributed by atoms with Crippen LogP contribution >= 0.6 is 11.8 Å². The number of nitrogens with zero attached hydrogens (tertiary/aromatic N) is 2. The van der Waals surface area contributed by atoms with Crippen LogP contribution in [0.15, 0.2) is 24.3 Å². The summed E-state index contributed by atoms with van der Waals surface area (Å²) in [5.41, 5.74) is 3.04. The van der Waals surface area contributed by atoms with E-state index in [4.69, 9.17) is 9.47 Å². The first-order valence-electron chi connectivity index (χ1n) is 10.6. The molecule has 9 heteroatoms. The van der Waals surface area contributed by atoms with E-state index in [2.05, 4.69) is 15.7 Å². The lowest BCUT2D eigenvalue weighted by molar-refractivity contribution is -0.122. The van der Waals surface area contributed by atoms with Gasteiger partial charge in [-0.1, -0.05) is 12.1 Å². The molecule has 1 saturated heterocycles. The first-order chi connectivity index (χ1) is 15.1. The third-order valence-electron chi connectivity index (χ3n) is 5.52. The fourth-order valence-electron chi connectivity index (χ4n) is 3.79. The largest absolute Gasteiger partial charge is 0.497 e. The van der Waals surface area contributed by atoms with Gasteiger partial charge in [0.25, 0.3) is 0 Å². The molecule has 31 heavy (non-hydrogen) atoms. The second kappa shape index (κ2) is 10.2. The molecule has 0 bridgehead atoms. The third-order valence-corrected chi connectivity index (χ3v) is 6.49. The van der Waals surface area contributed by atoms with E-state index in [0.29, 0.717) is 25.2 Å². The topological polar surface area (TPSA) is 94.5 Å². The van der Waals surface area contributed by atoms with E-state index in [9.17, 15) is 9.59 Å². The molecular formula is C22H28N4O4S.